The lowest BCUT2D eigenvalue weighted by Crippen LogP contribution is -2.44. The van der Waals surface area contributed by atoms with Gasteiger partial charge in [0.15, 0.2) is 0 Å². The van der Waals surface area contributed by atoms with Gasteiger partial charge in [0.1, 0.15) is 0 Å². The van der Waals surface area contributed by atoms with E-state index >= 15 is 0 Å². The molecule has 0 unspecified atom stereocenters. The first-order valence-corrected chi connectivity index (χ1v) is 9.85. The molecule has 146 valence electrons. The second kappa shape index (κ2) is 9.44. The predicted octanol–water partition coefficient (Wildman–Crippen LogP) is 2.47. The van der Waals surface area contributed by atoms with Gasteiger partial charge in [0, 0.05) is 77.4 Å². The summed E-state index contributed by atoms with van der Waals surface area (Å²) in [5, 5.41) is 0. The molecule has 1 aliphatic rings. The summed E-state index contributed by atoms with van der Waals surface area (Å²) in [6.45, 7) is 3.77. The summed E-state index contributed by atoms with van der Waals surface area (Å²) in [6, 6.07) is 7.89. The molecule has 27 heavy (non-hydrogen) atoms. The fourth-order valence-corrected chi connectivity index (χ4v) is 3.77. The van der Waals surface area contributed by atoms with Crippen molar-refractivity contribution >= 4 is 11.8 Å². The Bertz CT molecular complexity index is 707. The number of aryl methyl sites for hydroxylation is 2. The average molecular weight is 370 g/mol. The van der Waals surface area contributed by atoms with Gasteiger partial charge < -0.3 is 18.9 Å². The molecule has 0 spiro atoms. The maximum atomic E-state index is 12.5. The second-order valence-electron chi connectivity index (χ2n) is 7.46. The number of aromatic nitrogens is 2. The molecule has 0 N–H and O–H groups in total. The first kappa shape index (κ1) is 19.3. The molecule has 1 saturated heterocycles. The van der Waals surface area contributed by atoms with Gasteiger partial charge in [-0.15, -0.1) is 0 Å². The van der Waals surface area contributed by atoms with Gasteiger partial charge in [-0.05, 0) is 43.0 Å². The van der Waals surface area contributed by atoms with Crippen LogP contribution in [-0.4, -0.2) is 57.4 Å². The fourth-order valence-electron chi connectivity index (χ4n) is 3.77. The molecule has 0 aromatic carbocycles. The van der Waals surface area contributed by atoms with Crippen LogP contribution in [0.2, 0.25) is 0 Å². The van der Waals surface area contributed by atoms with Gasteiger partial charge in [-0.3, -0.25) is 9.59 Å². The van der Waals surface area contributed by atoms with Gasteiger partial charge in [0.25, 0.3) is 0 Å². The zero-order chi connectivity index (χ0) is 19.1. The zero-order valence-electron chi connectivity index (χ0n) is 16.2. The molecule has 1 atom stereocenters. The molecule has 2 aromatic heterocycles. The number of nitrogens with zero attached hydrogens (tertiary/aromatic N) is 4. The smallest absolute Gasteiger partial charge is 0.224 e. The quantitative estimate of drug-likeness (QED) is 0.717. The molecule has 0 radical (unpaired) electrons. The van der Waals surface area contributed by atoms with Crippen molar-refractivity contribution in [3.63, 3.8) is 0 Å². The Kier molecular flexibility index (Phi) is 6.74. The van der Waals surface area contributed by atoms with Crippen molar-refractivity contribution in [3.8, 4) is 0 Å². The lowest BCUT2D eigenvalue weighted by molar-refractivity contribution is -0.134. The van der Waals surface area contributed by atoms with Crippen molar-refractivity contribution < 1.29 is 9.59 Å². The number of hydrogen-bond donors (Lipinski definition) is 0. The summed E-state index contributed by atoms with van der Waals surface area (Å²) in [4.78, 5) is 28.7. The van der Waals surface area contributed by atoms with Crippen LogP contribution < -0.4 is 0 Å². The van der Waals surface area contributed by atoms with Gasteiger partial charge in [-0.1, -0.05) is 0 Å². The van der Waals surface area contributed by atoms with Crippen LogP contribution in [0, 0.1) is 5.92 Å². The van der Waals surface area contributed by atoms with Crippen molar-refractivity contribution in [2.45, 2.75) is 38.8 Å². The largest absolute Gasteiger partial charge is 0.354 e. The monoisotopic (exact) mass is 370 g/mol. The van der Waals surface area contributed by atoms with Gasteiger partial charge >= 0.3 is 0 Å². The molecule has 1 aliphatic heterocycles. The Balaban J connectivity index is 1.41. The van der Waals surface area contributed by atoms with E-state index in [0.717, 1.165) is 39.0 Å². The van der Waals surface area contributed by atoms with E-state index in [1.54, 1.807) is 0 Å². The third-order valence-electron chi connectivity index (χ3n) is 5.33. The maximum absolute atomic E-state index is 12.5. The van der Waals surface area contributed by atoms with Crippen LogP contribution in [-0.2, 0) is 22.7 Å². The minimum atomic E-state index is 0.166. The van der Waals surface area contributed by atoms with E-state index in [-0.39, 0.29) is 11.8 Å². The van der Waals surface area contributed by atoms with Gasteiger partial charge in [-0.25, -0.2) is 0 Å². The highest BCUT2D eigenvalue weighted by molar-refractivity contribution is 5.76. The minimum absolute atomic E-state index is 0.166. The zero-order valence-corrected chi connectivity index (χ0v) is 16.2. The minimum Gasteiger partial charge on any atom is -0.354 e. The summed E-state index contributed by atoms with van der Waals surface area (Å²) >= 11 is 0. The predicted molar refractivity (Wildman–Crippen MR) is 105 cm³/mol. The van der Waals surface area contributed by atoms with E-state index in [9.17, 15) is 9.59 Å². The van der Waals surface area contributed by atoms with Crippen molar-refractivity contribution in [1.82, 2.24) is 18.9 Å². The van der Waals surface area contributed by atoms with E-state index in [1.165, 1.54) is 0 Å². The van der Waals surface area contributed by atoms with Crippen LogP contribution in [0.25, 0.3) is 0 Å². The molecule has 2 aromatic rings. The standard InChI is InChI=1S/C21H30N4O2/c1-22(20(26)8-15-23-10-2-3-11-23)17-19-7-6-14-25(18-19)21(27)9-16-24-12-4-5-13-24/h2-5,10-13,19H,6-9,14-18H2,1H3/t19-/m0/s1. The average Bonchev–Trinajstić information content (AvgIpc) is 3.38. The maximum Gasteiger partial charge on any atom is 0.224 e. The van der Waals surface area contributed by atoms with E-state index in [0.29, 0.717) is 25.3 Å². The first-order valence-electron chi connectivity index (χ1n) is 9.85. The van der Waals surface area contributed by atoms with Crippen LogP contribution in [0.1, 0.15) is 25.7 Å². The highest BCUT2D eigenvalue weighted by atomic mass is 16.2. The van der Waals surface area contributed by atoms with Crippen molar-refractivity contribution in [2.24, 2.45) is 5.92 Å². The molecule has 1 fully saturated rings. The molecule has 3 heterocycles. The van der Waals surface area contributed by atoms with E-state index in [2.05, 4.69) is 0 Å². The van der Waals surface area contributed by atoms with Crippen molar-refractivity contribution in [1.29, 1.82) is 0 Å². The molecule has 0 bridgehead atoms. The Morgan fingerprint density at radius 2 is 1.56 bits per heavy atom. The Morgan fingerprint density at radius 3 is 2.19 bits per heavy atom. The lowest BCUT2D eigenvalue weighted by Gasteiger charge is -2.35. The second-order valence-corrected chi connectivity index (χ2v) is 7.46. The van der Waals surface area contributed by atoms with Crippen LogP contribution in [0.4, 0.5) is 0 Å². The molecule has 3 rings (SSSR count). The topological polar surface area (TPSA) is 50.5 Å². The highest BCUT2D eigenvalue weighted by Crippen LogP contribution is 2.18. The highest BCUT2D eigenvalue weighted by Gasteiger charge is 2.25. The number of likely N-dealkylation sites (tertiary alicyclic amines) is 1. The van der Waals surface area contributed by atoms with Crippen molar-refractivity contribution in [2.75, 3.05) is 26.7 Å². The van der Waals surface area contributed by atoms with E-state index in [1.807, 2.05) is 75.0 Å². The summed E-state index contributed by atoms with van der Waals surface area (Å²) in [5.74, 6) is 0.754. The fraction of sp³-hybridized carbons (Fsp3) is 0.524. The number of carbonyl (C=O) groups is 2. The van der Waals surface area contributed by atoms with Crippen LogP contribution >= 0.6 is 0 Å². The molecule has 6 heteroatoms. The molecular weight excluding hydrogens is 340 g/mol. The normalized spacial score (nSPS) is 17.1. The van der Waals surface area contributed by atoms with Gasteiger partial charge in [0.05, 0.1) is 0 Å². The molecule has 2 amide bonds. The summed E-state index contributed by atoms with van der Waals surface area (Å²) in [5.41, 5.74) is 0. The van der Waals surface area contributed by atoms with Crippen LogP contribution in [0.5, 0.6) is 0 Å². The lowest BCUT2D eigenvalue weighted by atomic mass is 9.97. The molecule has 0 saturated carbocycles. The number of amides is 2. The van der Waals surface area contributed by atoms with Crippen molar-refractivity contribution in [3.05, 3.63) is 49.1 Å². The number of carbonyl (C=O) groups excluding carboxylic acids is 2. The molecule has 0 aliphatic carbocycles. The third-order valence-corrected chi connectivity index (χ3v) is 5.33. The number of hydrogen-bond acceptors (Lipinski definition) is 2. The number of rotatable bonds is 8. The van der Waals surface area contributed by atoms with E-state index in [4.69, 9.17) is 0 Å². The summed E-state index contributed by atoms with van der Waals surface area (Å²) < 4.78 is 4.06. The van der Waals surface area contributed by atoms with Crippen LogP contribution in [0.3, 0.4) is 0 Å². The van der Waals surface area contributed by atoms with Gasteiger partial charge in [0.2, 0.25) is 11.8 Å². The SMILES string of the molecule is CN(C[C@@H]1CCCN(C(=O)CCn2cccc2)C1)C(=O)CCn1cccc1. The summed E-state index contributed by atoms with van der Waals surface area (Å²) in [6.07, 6.45) is 11.1. The Hall–Kier alpha value is -2.50. The Morgan fingerprint density at radius 1 is 0.963 bits per heavy atom. The molecular formula is C21H30N4O2. The molecule has 6 nitrogen and oxygen atoms in total. The first-order chi connectivity index (χ1) is 13.1. The van der Waals surface area contributed by atoms with E-state index < -0.39 is 0 Å². The van der Waals surface area contributed by atoms with Crippen LogP contribution in [0.15, 0.2) is 49.1 Å². The van der Waals surface area contributed by atoms with Gasteiger partial charge in [-0.2, -0.15) is 0 Å². The number of piperidine rings is 1. The third kappa shape index (κ3) is 5.74. The Labute approximate surface area is 161 Å². The summed E-state index contributed by atoms with van der Waals surface area (Å²) in [7, 11) is 1.88.